The summed E-state index contributed by atoms with van der Waals surface area (Å²) in [6, 6.07) is -0.0743. The fourth-order valence-electron chi connectivity index (χ4n) is 4.18. The molecule has 0 unspecified atom stereocenters. The highest BCUT2D eigenvalue weighted by Crippen LogP contribution is 2.48. The molecule has 3 fully saturated rings. The quantitative estimate of drug-likeness (QED) is 0.541. The zero-order valence-corrected chi connectivity index (χ0v) is 13.7. The van der Waals surface area contributed by atoms with Crippen molar-refractivity contribution >= 4 is 17.8 Å². The van der Waals surface area contributed by atoms with Gasteiger partial charge in [-0.3, -0.25) is 14.4 Å². The van der Waals surface area contributed by atoms with Crippen LogP contribution in [0, 0.1) is 23.7 Å². The second kappa shape index (κ2) is 6.89. The van der Waals surface area contributed by atoms with Gasteiger partial charge in [0, 0.05) is 24.9 Å². The molecule has 4 atom stereocenters. The molecule has 3 saturated carbocycles. The Labute approximate surface area is 136 Å². The van der Waals surface area contributed by atoms with Crippen LogP contribution in [0.3, 0.4) is 0 Å². The maximum absolute atomic E-state index is 12.1. The Morgan fingerprint density at radius 3 is 2.52 bits per heavy atom. The molecule has 0 radical (unpaired) electrons. The maximum atomic E-state index is 12.1. The molecule has 3 aliphatic carbocycles. The number of ether oxygens (including phenoxy) is 1. The van der Waals surface area contributed by atoms with Gasteiger partial charge >= 0.3 is 5.97 Å². The lowest BCUT2D eigenvalue weighted by atomic mass is 9.84. The Bertz CT molecular complexity index is 489. The van der Waals surface area contributed by atoms with E-state index in [1.807, 2.05) is 0 Å². The number of esters is 1. The highest BCUT2D eigenvalue weighted by atomic mass is 16.5. The molecule has 0 aliphatic heterocycles. The summed E-state index contributed by atoms with van der Waals surface area (Å²) in [5.41, 5.74) is 0. The van der Waals surface area contributed by atoms with Crippen LogP contribution in [0.4, 0.5) is 0 Å². The molecule has 128 valence electrons. The smallest absolute Gasteiger partial charge is 0.311 e. The minimum Gasteiger partial charge on any atom is -0.469 e. The van der Waals surface area contributed by atoms with Gasteiger partial charge in [-0.2, -0.15) is 0 Å². The number of amides is 2. The average Bonchev–Trinajstić information content (AvgIpc) is 3.21. The van der Waals surface area contributed by atoms with Gasteiger partial charge in [0.15, 0.2) is 0 Å². The van der Waals surface area contributed by atoms with E-state index in [9.17, 15) is 14.4 Å². The largest absolute Gasteiger partial charge is 0.469 e. The fraction of sp³-hybridized carbons (Fsp3) is 0.824. The SMILES string of the molecule is COC(=O)[C@@H]1[C@H]2CC[C@@H](C2)[C@H]1NC(=O)CCCNC(=O)C1CC1. The third-order valence-corrected chi connectivity index (χ3v) is 5.55. The molecule has 0 aromatic carbocycles. The van der Waals surface area contributed by atoms with Crippen molar-refractivity contribution in [2.45, 2.75) is 51.0 Å². The van der Waals surface area contributed by atoms with E-state index < -0.39 is 0 Å². The van der Waals surface area contributed by atoms with Gasteiger partial charge in [0.1, 0.15) is 0 Å². The van der Waals surface area contributed by atoms with Gasteiger partial charge < -0.3 is 15.4 Å². The van der Waals surface area contributed by atoms with Gasteiger partial charge in [0.25, 0.3) is 0 Å². The number of fused-ring (bicyclic) bond motifs is 2. The Kier molecular flexibility index (Phi) is 4.87. The van der Waals surface area contributed by atoms with Crippen LogP contribution in [0.2, 0.25) is 0 Å². The summed E-state index contributed by atoms with van der Waals surface area (Å²) >= 11 is 0. The highest BCUT2D eigenvalue weighted by molar-refractivity contribution is 5.81. The molecule has 23 heavy (non-hydrogen) atoms. The van der Waals surface area contributed by atoms with Crippen LogP contribution in [0.15, 0.2) is 0 Å². The predicted octanol–water partition coefficient (Wildman–Crippen LogP) is 0.997. The van der Waals surface area contributed by atoms with Gasteiger partial charge in [-0.15, -0.1) is 0 Å². The standard InChI is InChI=1S/C17H26N2O4/c1-23-17(22)14-11-6-7-12(9-11)15(14)19-13(20)3-2-8-18-16(21)10-4-5-10/h10-12,14-15H,2-9H2,1H3,(H,18,21)(H,19,20)/t11-,12-,14+,15+/m0/s1. The Morgan fingerprint density at radius 1 is 1.09 bits per heavy atom. The molecule has 0 saturated heterocycles. The van der Waals surface area contributed by atoms with Crippen LogP contribution in [-0.2, 0) is 19.1 Å². The molecule has 6 heteroatoms. The number of rotatable bonds is 7. The van der Waals surface area contributed by atoms with Crippen molar-refractivity contribution < 1.29 is 19.1 Å². The van der Waals surface area contributed by atoms with E-state index in [1.54, 1.807) is 0 Å². The van der Waals surface area contributed by atoms with Gasteiger partial charge in [-0.05, 0) is 50.4 Å². The van der Waals surface area contributed by atoms with E-state index in [4.69, 9.17) is 4.74 Å². The number of carbonyl (C=O) groups excluding carboxylic acids is 3. The topological polar surface area (TPSA) is 84.5 Å². The Morgan fingerprint density at radius 2 is 1.83 bits per heavy atom. The summed E-state index contributed by atoms with van der Waals surface area (Å²) in [6.07, 6.45) is 6.16. The molecule has 0 aromatic heterocycles. The minimum absolute atomic E-state index is 0.0304. The van der Waals surface area contributed by atoms with E-state index in [2.05, 4.69) is 10.6 Å². The summed E-state index contributed by atoms with van der Waals surface area (Å²) in [5.74, 6) is 0.676. The monoisotopic (exact) mass is 322 g/mol. The van der Waals surface area contributed by atoms with Crippen molar-refractivity contribution in [1.82, 2.24) is 10.6 Å². The number of nitrogens with one attached hydrogen (secondary N) is 2. The molecule has 2 bridgehead atoms. The number of carbonyl (C=O) groups is 3. The van der Waals surface area contributed by atoms with Crippen molar-refractivity contribution in [2.24, 2.45) is 23.7 Å². The van der Waals surface area contributed by atoms with E-state index in [0.29, 0.717) is 31.2 Å². The van der Waals surface area contributed by atoms with E-state index >= 15 is 0 Å². The summed E-state index contributed by atoms with van der Waals surface area (Å²) in [5, 5.41) is 5.91. The van der Waals surface area contributed by atoms with Crippen molar-refractivity contribution in [3.8, 4) is 0 Å². The lowest BCUT2D eigenvalue weighted by Crippen LogP contribution is -2.47. The maximum Gasteiger partial charge on any atom is 0.311 e. The van der Waals surface area contributed by atoms with Crippen LogP contribution >= 0.6 is 0 Å². The highest BCUT2D eigenvalue weighted by Gasteiger charge is 2.51. The third-order valence-electron chi connectivity index (χ3n) is 5.55. The van der Waals surface area contributed by atoms with E-state index in [-0.39, 0.29) is 35.7 Å². The minimum atomic E-state index is -0.195. The lowest BCUT2D eigenvalue weighted by Gasteiger charge is -2.29. The van der Waals surface area contributed by atoms with Gasteiger partial charge in [0.05, 0.1) is 13.0 Å². The second-order valence-electron chi connectivity index (χ2n) is 7.14. The molecule has 2 amide bonds. The van der Waals surface area contributed by atoms with E-state index in [1.165, 1.54) is 7.11 Å². The van der Waals surface area contributed by atoms with Crippen LogP contribution in [0.25, 0.3) is 0 Å². The summed E-state index contributed by atoms with van der Waals surface area (Å²) in [7, 11) is 1.41. The molecule has 2 N–H and O–H groups in total. The summed E-state index contributed by atoms with van der Waals surface area (Å²) < 4.78 is 4.91. The first-order chi connectivity index (χ1) is 11.1. The fourth-order valence-corrected chi connectivity index (χ4v) is 4.18. The Balaban J connectivity index is 1.41. The number of hydrogen-bond acceptors (Lipinski definition) is 4. The molecule has 3 rings (SSSR count). The molecule has 0 heterocycles. The van der Waals surface area contributed by atoms with Gasteiger partial charge in [-0.1, -0.05) is 0 Å². The van der Waals surface area contributed by atoms with Crippen LogP contribution in [-0.4, -0.2) is 37.5 Å². The Hall–Kier alpha value is -1.59. The normalized spacial score (nSPS) is 31.7. The first kappa shape index (κ1) is 16.3. The van der Waals surface area contributed by atoms with Crippen LogP contribution in [0.1, 0.15) is 44.9 Å². The van der Waals surface area contributed by atoms with Crippen molar-refractivity contribution in [3.63, 3.8) is 0 Å². The van der Waals surface area contributed by atoms with Crippen molar-refractivity contribution in [3.05, 3.63) is 0 Å². The first-order valence-electron chi connectivity index (χ1n) is 8.75. The summed E-state index contributed by atoms with van der Waals surface area (Å²) in [6.45, 7) is 0.542. The molecule has 0 spiro atoms. The molecule has 3 aliphatic rings. The second-order valence-corrected chi connectivity index (χ2v) is 7.14. The zero-order chi connectivity index (χ0) is 16.4. The van der Waals surface area contributed by atoms with Crippen molar-refractivity contribution in [2.75, 3.05) is 13.7 Å². The molecule has 0 aromatic rings. The third kappa shape index (κ3) is 3.67. The zero-order valence-electron chi connectivity index (χ0n) is 13.7. The van der Waals surface area contributed by atoms with Gasteiger partial charge in [0.2, 0.25) is 11.8 Å². The first-order valence-corrected chi connectivity index (χ1v) is 8.75. The van der Waals surface area contributed by atoms with Gasteiger partial charge in [-0.25, -0.2) is 0 Å². The average molecular weight is 322 g/mol. The number of methoxy groups -OCH3 is 1. The number of hydrogen-bond donors (Lipinski definition) is 2. The van der Waals surface area contributed by atoms with Crippen LogP contribution < -0.4 is 10.6 Å². The lowest BCUT2D eigenvalue weighted by molar-refractivity contribution is -0.148. The molecular formula is C17H26N2O4. The van der Waals surface area contributed by atoms with Crippen LogP contribution in [0.5, 0.6) is 0 Å². The van der Waals surface area contributed by atoms with E-state index in [0.717, 1.165) is 32.1 Å². The molecular weight excluding hydrogens is 296 g/mol. The van der Waals surface area contributed by atoms with Crippen molar-refractivity contribution in [1.29, 1.82) is 0 Å². The molecule has 6 nitrogen and oxygen atoms in total. The summed E-state index contributed by atoms with van der Waals surface area (Å²) in [4.78, 5) is 35.6. The predicted molar refractivity (Wildman–Crippen MR) is 83.2 cm³/mol.